The molecule has 1 aromatic carbocycles. The molecule has 1 aliphatic heterocycles. The molecular formula is C19H24N2O3. The van der Waals surface area contributed by atoms with Crippen LogP contribution in [-0.4, -0.2) is 36.1 Å². The summed E-state index contributed by atoms with van der Waals surface area (Å²) >= 11 is 0. The van der Waals surface area contributed by atoms with E-state index >= 15 is 0 Å². The van der Waals surface area contributed by atoms with E-state index in [1.165, 1.54) is 18.1 Å². The van der Waals surface area contributed by atoms with Gasteiger partial charge < -0.3 is 14.5 Å². The van der Waals surface area contributed by atoms with Gasteiger partial charge in [0.15, 0.2) is 0 Å². The molecule has 1 aromatic heterocycles. The average molecular weight is 328 g/mol. The topological polar surface area (TPSA) is 54.7 Å². The van der Waals surface area contributed by atoms with Crippen LogP contribution in [0.25, 0.3) is 0 Å². The Morgan fingerprint density at radius 1 is 1.17 bits per heavy atom. The van der Waals surface area contributed by atoms with E-state index in [1.54, 1.807) is 6.07 Å². The minimum atomic E-state index is -0.118. The molecule has 5 heteroatoms. The molecule has 128 valence electrons. The smallest absolute Gasteiger partial charge is 0.254 e. The number of nitrogens with one attached hydrogen (secondary N) is 1. The Kier molecular flexibility index (Phi) is 5.33. The van der Waals surface area contributed by atoms with Crippen molar-refractivity contribution in [2.45, 2.75) is 39.1 Å². The second-order valence-electron chi connectivity index (χ2n) is 6.41. The maximum Gasteiger partial charge on any atom is 0.254 e. The highest BCUT2D eigenvalue weighted by Crippen LogP contribution is 2.17. The van der Waals surface area contributed by atoms with E-state index in [1.807, 2.05) is 12.1 Å². The Balaban J connectivity index is 1.63. The van der Waals surface area contributed by atoms with Crippen molar-refractivity contribution < 1.29 is 13.9 Å². The highest BCUT2D eigenvalue weighted by molar-refractivity contribution is 5.93. The SMILES string of the molecule is CC1CN(Cc2ccccc2CNC(=O)c2ccoc2)CC(C)O1. The molecule has 5 nitrogen and oxygen atoms in total. The monoisotopic (exact) mass is 328 g/mol. The van der Waals surface area contributed by atoms with E-state index in [0.717, 1.165) is 25.2 Å². The maximum absolute atomic E-state index is 12.1. The Morgan fingerprint density at radius 3 is 2.54 bits per heavy atom. The number of carbonyl (C=O) groups is 1. The third kappa shape index (κ3) is 4.24. The van der Waals surface area contributed by atoms with Gasteiger partial charge in [0.1, 0.15) is 6.26 Å². The number of benzene rings is 1. The van der Waals surface area contributed by atoms with E-state index in [4.69, 9.17) is 9.15 Å². The Morgan fingerprint density at radius 2 is 1.88 bits per heavy atom. The number of carbonyl (C=O) groups excluding carboxylic acids is 1. The van der Waals surface area contributed by atoms with Crippen LogP contribution in [0.2, 0.25) is 0 Å². The fourth-order valence-corrected chi connectivity index (χ4v) is 3.21. The third-order valence-electron chi connectivity index (χ3n) is 4.23. The molecule has 1 amide bonds. The van der Waals surface area contributed by atoms with Gasteiger partial charge in [-0.3, -0.25) is 9.69 Å². The normalized spacial score (nSPS) is 21.6. The number of nitrogens with zero attached hydrogens (tertiary/aromatic N) is 1. The Labute approximate surface area is 142 Å². The molecule has 3 rings (SSSR count). The van der Waals surface area contributed by atoms with Gasteiger partial charge in [-0.15, -0.1) is 0 Å². The zero-order valence-electron chi connectivity index (χ0n) is 14.2. The molecule has 0 saturated carbocycles. The van der Waals surface area contributed by atoms with Gasteiger partial charge >= 0.3 is 0 Å². The maximum atomic E-state index is 12.1. The number of ether oxygens (including phenoxy) is 1. The second-order valence-corrected chi connectivity index (χ2v) is 6.41. The van der Waals surface area contributed by atoms with E-state index < -0.39 is 0 Å². The molecule has 2 heterocycles. The van der Waals surface area contributed by atoms with Crippen molar-refractivity contribution in [2.75, 3.05) is 13.1 Å². The van der Waals surface area contributed by atoms with E-state index in [2.05, 4.69) is 36.2 Å². The van der Waals surface area contributed by atoms with Crippen molar-refractivity contribution in [1.29, 1.82) is 0 Å². The van der Waals surface area contributed by atoms with Crippen LogP contribution in [-0.2, 0) is 17.8 Å². The van der Waals surface area contributed by atoms with Gasteiger partial charge in [0, 0.05) is 26.2 Å². The molecule has 1 fully saturated rings. The largest absolute Gasteiger partial charge is 0.472 e. The van der Waals surface area contributed by atoms with Crippen LogP contribution >= 0.6 is 0 Å². The molecule has 1 N–H and O–H groups in total. The lowest BCUT2D eigenvalue weighted by Gasteiger charge is -2.35. The molecule has 2 aromatic rings. The lowest BCUT2D eigenvalue weighted by atomic mass is 10.1. The summed E-state index contributed by atoms with van der Waals surface area (Å²) in [6.07, 6.45) is 3.46. The van der Waals surface area contributed by atoms with Crippen LogP contribution in [0.3, 0.4) is 0 Å². The van der Waals surface area contributed by atoms with E-state index in [0.29, 0.717) is 12.1 Å². The summed E-state index contributed by atoms with van der Waals surface area (Å²) in [6, 6.07) is 9.91. The van der Waals surface area contributed by atoms with Crippen molar-refractivity contribution in [1.82, 2.24) is 10.2 Å². The molecule has 0 aliphatic carbocycles. The van der Waals surface area contributed by atoms with Crippen LogP contribution in [0.4, 0.5) is 0 Å². The summed E-state index contributed by atoms with van der Waals surface area (Å²) < 4.78 is 10.7. The minimum absolute atomic E-state index is 0.118. The lowest BCUT2D eigenvalue weighted by Crippen LogP contribution is -2.45. The van der Waals surface area contributed by atoms with Gasteiger partial charge in [-0.05, 0) is 31.0 Å². The first kappa shape index (κ1) is 16.7. The van der Waals surface area contributed by atoms with Crippen LogP contribution in [0, 0.1) is 0 Å². The average Bonchev–Trinajstić information content (AvgIpc) is 3.07. The summed E-state index contributed by atoms with van der Waals surface area (Å²) in [7, 11) is 0. The van der Waals surface area contributed by atoms with Crippen LogP contribution in [0.5, 0.6) is 0 Å². The Hall–Kier alpha value is -2.11. The van der Waals surface area contributed by atoms with Crippen LogP contribution in [0.1, 0.15) is 35.3 Å². The molecule has 0 radical (unpaired) electrons. The van der Waals surface area contributed by atoms with Gasteiger partial charge in [0.05, 0.1) is 24.0 Å². The van der Waals surface area contributed by atoms with Crippen molar-refractivity contribution in [3.8, 4) is 0 Å². The first-order valence-electron chi connectivity index (χ1n) is 8.37. The quantitative estimate of drug-likeness (QED) is 0.917. The van der Waals surface area contributed by atoms with Crippen LogP contribution < -0.4 is 5.32 Å². The number of hydrogen-bond donors (Lipinski definition) is 1. The number of amides is 1. The van der Waals surface area contributed by atoms with Gasteiger partial charge in [0.25, 0.3) is 5.91 Å². The molecule has 1 saturated heterocycles. The molecule has 0 spiro atoms. The molecule has 24 heavy (non-hydrogen) atoms. The number of rotatable bonds is 5. The summed E-state index contributed by atoms with van der Waals surface area (Å²) in [5.74, 6) is -0.118. The molecular weight excluding hydrogens is 304 g/mol. The van der Waals surface area contributed by atoms with Crippen LogP contribution in [0.15, 0.2) is 47.3 Å². The van der Waals surface area contributed by atoms with E-state index in [9.17, 15) is 4.79 Å². The predicted octanol–water partition coefficient (Wildman–Crippen LogP) is 2.82. The number of hydrogen-bond acceptors (Lipinski definition) is 4. The first-order valence-corrected chi connectivity index (χ1v) is 8.37. The van der Waals surface area contributed by atoms with Gasteiger partial charge in [-0.2, -0.15) is 0 Å². The summed E-state index contributed by atoms with van der Waals surface area (Å²) in [5.41, 5.74) is 2.93. The molecule has 1 aliphatic rings. The first-order chi connectivity index (χ1) is 11.6. The predicted molar refractivity (Wildman–Crippen MR) is 91.6 cm³/mol. The summed E-state index contributed by atoms with van der Waals surface area (Å²) in [5, 5.41) is 2.95. The molecule has 2 atom stereocenters. The Bertz CT molecular complexity index is 659. The highest BCUT2D eigenvalue weighted by atomic mass is 16.5. The van der Waals surface area contributed by atoms with Gasteiger partial charge in [-0.1, -0.05) is 24.3 Å². The molecule has 0 bridgehead atoms. The van der Waals surface area contributed by atoms with Gasteiger partial charge in [0.2, 0.25) is 0 Å². The fraction of sp³-hybridized carbons (Fsp3) is 0.421. The standard InChI is InChI=1S/C19H24N2O3/c1-14-10-21(11-15(2)24-14)12-17-6-4-3-5-16(17)9-20-19(22)18-7-8-23-13-18/h3-8,13-15H,9-12H2,1-2H3,(H,20,22). The minimum Gasteiger partial charge on any atom is -0.472 e. The fourth-order valence-electron chi connectivity index (χ4n) is 3.21. The summed E-state index contributed by atoms with van der Waals surface area (Å²) in [4.78, 5) is 14.5. The van der Waals surface area contributed by atoms with Gasteiger partial charge in [-0.25, -0.2) is 0 Å². The number of furan rings is 1. The molecule has 2 unspecified atom stereocenters. The third-order valence-corrected chi connectivity index (χ3v) is 4.23. The highest BCUT2D eigenvalue weighted by Gasteiger charge is 2.22. The lowest BCUT2D eigenvalue weighted by molar-refractivity contribution is -0.0705. The van der Waals surface area contributed by atoms with E-state index in [-0.39, 0.29) is 18.1 Å². The zero-order valence-corrected chi connectivity index (χ0v) is 14.2. The van der Waals surface area contributed by atoms with Crippen molar-refractivity contribution >= 4 is 5.91 Å². The van der Waals surface area contributed by atoms with Crippen molar-refractivity contribution in [2.24, 2.45) is 0 Å². The van der Waals surface area contributed by atoms with Crippen molar-refractivity contribution in [3.63, 3.8) is 0 Å². The van der Waals surface area contributed by atoms with Crippen molar-refractivity contribution in [3.05, 3.63) is 59.5 Å². The second kappa shape index (κ2) is 7.64. The number of morpholine rings is 1. The summed E-state index contributed by atoms with van der Waals surface area (Å²) in [6.45, 7) is 7.46. The zero-order chi connectivity index (χ0) is 16.9.